The summed E-state index contributed by atoms with van der Waals surface area (Å²) in [5.74, 6) is -0.111. The molecule has 0 spiro atoms. The Morgan fingerprint density at radius 1 is 1.46 bits per heavy atom. The molecule has 0 aliphatic carbocycles. The van der Waals surface area contributed by atoms with Crippen LogP contribution in [0.25, 0.3) is 0 Å². The van der Waals surface area contributed by atoms with Crippen molar-refractivity contribution < 1.29 is 4.79 Å². The summed E-state index contributed by atoms with van der Waals surface area (Å²) in [7, 11) is 0. The number of amides is 1. The minimum atomic E-state index is -0.453. The van der Waals surface area contributed by atoms with E-state index in [2.05, 4.69) is 35.2 Å². The highest BCUT2D eigenvalue weighted by Crippen LogP contribution is 2.35. The quantitative estimate of drug-likeness (QED) is 0.779. The first-order valence-electron chi connectivity index (χ1n) is 9.53. The molecule has 1 amide bonds. The van der Waals surface area contributed by atoms with Gasteiger partial charge in [-0.15, -0.1) is 0 Å². The fourth-order valence-electron chi connectivity index (χ4n) is 3.94. The number of nitriles is 1. The molecule has 1 aromatic carbocycles. The van der Waals surface area contributed by atoms with Gasteiger partial charge in [0.2, 0.25) is 5.91 Å². The average molecular weight is 400 g/mol. The number of likely N-dealkylation sites (tertiary alicyclic amines) is 1. The molecule has 28 heavy (non-hydrogen) atoms. The zero-order valence-electron chi connectivity index (χ0n) is 16.5. The number of hydrogen-bond donors (Lipinski definition) is 2. The van der Waals surface area contributed by atoms with E-state index in [9.17, 15) is 10.1 Å². The van der Waals surface area contributed by atoms with E-state index in [0.717, 1.165) is 29.8 Å². The summed E-state index contributed by atoms with van der Waals surface area (Å²) in [5.41, 5.74) is 2.54. The van der Waals surface area contributed by atoms with Gasteiger partial charge in [-0.1, -0.05) is 23.7 Å². The third-order valence-corrected chi connectivity index (χ3v) is 5.74. The van der Waals surface area contributed by atoms with Gasteiger partial charge >= 0.3 is 0 Å². The van der Waals surface area contributed by atoms with Gasteiger partial charge in [-0.2, -0.15) is 5.26 Å². The SMILES string of the molecule is Cc1[nH]cnc1C(c1ccc(Cl)cc1)C(C)(C)NCC(=O)N1CCC[C@H]1C#N. The second-order valence-corrected chi connectivity index (χ2v) is 8.28. The van der Waals surface area contributed by atoms with E-state index in [-0.39, 0.29) is 24.4 Å². The van der Waals surface area contributed by atoms with Crippen LogP contribution in [0.2, 0.25) is 5.02 Å². The molecule has 6 nitrogen and oxygen atoms in total. The standard InChI is InChI=1S/C21H26ClN5O/c1-14-20(25-13-24-14)19(15-6-8-16(22)9-7-15)21(2,3)26-12-18(28)27-10-4-5-17(27)11-23/h6-9,13,17,19,26H,4-5,10,12H2,1-3H3,(H,24,25)/t17-,19?/m0/s1. The first-order valence-corrected chi connectivity index (χ1v) is 9.90. The Morgan fingerprint density at radius 3 is 2.79 bits per heavy atom. The van der Waals surface area contributed by atoms with Crippen LogP contribution in [0.15, 0.2) is 30.6 Å². The summed E-state index contributed by atoms with van der Waals surface area (Å²) in [6, 6.07) is 9.66. The second-order valence-electron chi connectivity index (χ2n) is 7.85. The zero-order chi connectivity index (χ0) is 20.3. The van der Waals surface area contributed by atoms with Crippen LogP contribution in [0.5, 0.6) is 0 Å². The van der Waals surface area contributed by atoms with Gasteiger partial charge in [0.25, 0.3) is 0 Å². The number of carbonyl (C=O) groups excluding carboxylic acids is 1. The van der Waals surface area contributed by atoms with Crippen molar-refractivity contribution in [2.24, 2.45) is 0 Å². The van der Waals surface area contributed by atoms with Gasteiger partial charge in [0.15, 0.2) is 0 Å². The summed E-state index contributed by atoms with van der Waals surface area (Å²) in [4.78, 5) is 22.1. The molecule has 2 atom stereocenters. The Bertz CT molecular complexity index is 868. The number of H-pyrrole nitrogens is 1. The van der Waals surface area contributed by atoms with Gasteiger partial charge in [0.1, 0.15) is 6.04 Å². The Balaban J connectivity index is 1.82. The average Bonchev–Trinajstić information content (AvgIpc) is 3.31. The number of nitrogens with one attached hydrogen (secondary N) is 2. The van der Waals surface area contributed by atoms with E-state index in [1.807, 2.05) is 31.2 Å². The van der Waals surface area contributed by atoms with Crippen molar-refractivity contribution in [1.29, 1.82) is 5.26 Å². The van der Waals surface area contributed by atoms with E-state index in [4.69, 9.17) is 11.6 Å². The number of rotatable bonds is 6. The van der Waals surface area contributed by atoms with Crippen molar-refractivity contribution in [1.82, 2.24) is 20.2 Å². The lowest BCUT2D eigenvalue weighted by Crippen LogP contribution is -2.50. The van der Waals surface area contributed by atoms with Gasteiger partial charge < -0.3 is 15.2 Å². The molecule has 1 saturated heterocycles. The summed E-state index contributed by atoms with van der Waals surface area (Å²) in [6.45, 7) is 6.96. The third-order valence-electron chi connectivity index (χ3n) is 5.48. The lowest BCUT2D eigenvalue weighted by Gasteiger charge is -2.36. The molecule has 3 rings (SSSR count). The van der Waals surface area contributed by atoms with E-state index < -0.39 is 5.54 Å². The number of aromatic amines is 1. The normalized spacial score (nSPS) is 18.1. The Labute approximate surface area is 170 Å². The first kappa shape index (κ1) is 20.4. The fourth-order valence-corrected chi connectivity index (χ4v) is 4.06. The molecule has 1 aliphatic heterocycles. The molecule has 1 unspecified atom stereocenters. The minimum Gasteiger partial charge on any atom is -0.348 e. The number of halogens is 1. The van der Waals surface area contributed by atoms with Crippen molar-refractivity contribution >= 4 is 17.5 Å². The summed E-state index contributed by atoms with van der Waals surface area (Å²) in [5, 5.41) is 13.3. The molecule has 2 heterocycles. The van der Waals surface area contributed by atoms with E-state index in [1.54, 1.807) is 11.2 Å². The smallest absolute Gasteiger partial charge is 0.237 e. The summed E-state index contributed by atoms with van der Waals surface area (Å²) < 4.78 is 0. The molecule has 1 aromatic heterocycles. The first-order chi connectivity index (χ1) is 13.3. The van der Waals surface area contributed by atoms with E-state index in [1.165, 1.54) is 0 Å². The molecule has 2 N–H and O–H groups in total. The lowest BCUT2D eigenvalue weighted by molar-refractivity contribution is -0.130. The molecule has 1 fully saturated rings. The Morgan fingerprint density at radius 2 is 2.18 bits per heavy atom. The van der Waals surface area contributed by atoms with Crippen LogP contribution < -0.4 is 5.32 Å². The number of benzene rings is 1. The number of hydrogen-bond acceptors (Lipinski definition) is 4. The number of nitrogens with zero attached hydrogens (tertiary/aromatic N) is 3. The van der Waals surface area contributed by atoms with Crippen molar-refractivity contribution in [2.75, 3.05) is 13.1 Å². The molecular weight excluding hydrogens is 374 g/mol. The highest BCUT2D eigenvalue weighted by molar-refractivity contribution is 6.30. The molecule has 0 bridgehead atoms. The van der Waals surface area contributed by atoms with Crippen LogP contribution in [0.3, 0.4) is 0 Å². The summed E-state index contributed by atoms with van der Waals surface area (Å²) in [6.07, 6.45) is 3.33. The van der Waals surface area contributed by atoms with Crippen molar-refractivity contribution in [3.05, 3.63) is 52.6 Å². The van der Waals surface area contributed by atoms with Gasteiger partial charge in [0.05, 0.1) is 24.6 Å². The van der Waals surface area contributed by atoms with Crippen molar-refractivity contribution in [3.63, 3.8) is 0 Å². The molecular formula is C21H26ClN5O. The monoisotopic (exact) mass is 399 g/mol. The number of aromatic nitrogens is 2. The highest BCUT2D eigenvalue weighted by atomic mass is 35.5. The molecule has 0 radical (unpaired) electrons. The van der Waals surface area contributed by atoms with Crippen molar-refractivity contribution in [2.45, 2.75) is 51.1 Å². The van der Waals surface area contributed by atoms with Gasteiger partial charge in [-0.25, -0.2) is 4.98 Å². The van der Waals surface area contributed by atoms with Crippen LogP contribution in [0.4, 0.5) is 0 Å². The molecule has 2 aromatic rings. The van der Waals surface area contributed by atoms with Gasteiger partial charge in [-0.3, -0.25) is 4.79 Å². The Hall–Kier alpha value is -2.36. The predicted molar refractivity (Wildman–Crippen MR) is 109 cm³/mol. The molecule has 7 heteroatoms. The maximum Gasteiger partial charge on any atom is 0.237 e. The van der Waals surface area contributed by atoms with Crippen LogP contribution in [0, 0.1) is 18.3 Å². The van der Waals surface area contributed by atoms with Crippen molar-refractivity contribution in [3.8, 4) is 6.07 Å². The fraction of sp³-hybridized carbons (Fsp3) is 0.476. The van der Waals surface area contributed by atoms with Crippen LogP contribution >= 0.6 is 11.6 Å². The summed E-state index contributed by atoms with van der Waals surface area (Å²) >= 11 is 6.08. The topological polar surface area (TPSA) is 84.8 Å². The third kappa shape index (κ3) is 4.21. The van der Waals surface area contributed by atoms with E-state index in [0.29, 0.717) is 11.6 Å². The van der Waals surface area contributed by atoms with Gasteiger partial charge in [0, 0.05) is 28.7 Å². The Kier molecular flexibility index (Phi) is 6.07. The number of carbonyl (C=O) groups is 1. The molecule has 148 valence electrons. The lowest BCUT2D eigenvalue weighted by atomic mass is 9.79. The predicted octanol–water partition coefficient (Wildman–Crippen LogP) is 3.39. The van der Waals surface area contributed by atoms with E-state index >= 15 is 0 Å². The maximum atomic E-state index is 12.7. The minimum absolute atomic E-state index is 0.0364. The number of imidazole rings is 1. The number of aryl methyl sites for hydroxylation is 1. The van der Waals surface area contributed by atoms with Gasteiger partial charge in [-0.05, 0) is 51.3 Å². The highest BCUT2D eigenvalue weighted by Gasteiger charge is 2.36. The molecule has 0 saturated carbocycles. The largest absolute Gasteiger partial charge is 0.348 e. The maximum absolute atomic E-state index is 12.7. The molecule has 1 aliphatic rings. The van der Waals surface area contributed by atoms with Crippen LogP contribution in [-0.4, -0.2) is 45.4 Å². The van der Waals surface area contributed by atoms with Crippen LogP contribution in [0.1, 0.15) is 49.6 Å². The van der Waals surface area contributed by atoms with Crippen LogP contribution in [-0.2, 0) is 4.79 Å². The second kappa shape index (κ2) is 8.34. The zero-order valence-corrected chi connectivity index (χ0v) is 17.3.